The SMILES string of the molecule is NC(=O)C1CCN(C(=O)c2ccccc2N)CC1. The van der Waals surface area contributed by atoms with Crippen LogP contribution < -0.4 is 11.5 Å². The van der Waals surface area contributed by atoms with E-state index in [-0.39, 0.29) is 17.7 Å². The second kappa shape index (κ2) is 5.08. The van der Waals surface area contributed by atoms with Crippen molar-refractivity contribution in [2.75, 3.05) is 18.8 Å². The van der Waals surface area contributed by atoms with E-state index in [4.69, 9.17) is 11.5 Å². The Morgan fingerprint density at radius 1 is 1.17 bits per heavy atom. The Morgan fingerprint density at radius 2 is 1.78 bits per heavy atom. The number of piperidine rings is 1. The number of amides is 2. The molecular weight excluding hydrogens is 230 g/mol. The number of nitrogens with zero attached hydrogens (tertiary/aromatic N) is 1. The molecule has 1 aromatic rings. The van der Waals surface area contributed by atoms with Crippen molar-refractivity contribution in [1.29, 1.82) is 0 Å². The van der Waals surface area contributed by atoms with Crippen molar-refractivity contribution in [3.8, 4) is 0 Å². The second-order valence-corrected chi connectivity index (χ2v) is 4.56. The summed E-state index contributed by atoms with van der Waals surface area (Å²) in [7, 11) is 0. The third-order valence-corrected chi connectivity index (χ3v) is 3.38. The zero-order valence-electron chi connectivity index (χ0n) is 10.1. The number of rotatable bonds is 2. The van der Waals surface area contributed by atoms with Crippen LogP contribution in [0.5, 0.6) is 0 Å². The molecule has 5 heteroatoms. The van der Waals surface area contributed by atoms with E-state index in [1.807, 2.05) is 0 Å². The van der Waals surface area contributed by atoms with Gasteiger partial charge >= 0.3 is 0 Å². The van der Waals surface area contributed by atoms with Crippen LogP contribution in [0.4, 0.5) is 5.69 Å². The van der Waals surface area contributed by atoms with Crippen LogP contribution in [0.25, 0.3) is 0 Å². The van der Waals surface area contributed by atoms with E-state index >= 15 is 0 Å². The van der Waals surface area contributed by atoms with Crippen molar-refractivity contribution in [3.63, 3.8) is 0 Å². The molecule has 0 aromatic heterocycles. The average molecular weight is 247 g/mol. The summed E-state index contributed by atoms with van der Waals surface area (Å²) in [6.07, 6.45) is 1.27. The summed E-state index contributed by atoms with van der Waals surface area (Å²) in [5, 5.41) is 0. The predicted molar refractivity (Wildman–Crippen MR) is 68.7 cm³/mol. The minimum atomic E-state index is -0.277. The molecule has 2 amide bonds. The summed E-state index contributed by atoms with van der Waals surface area (Å²) in [5.41, 5.74) is 12.1. The minimum absolute atomic E-state index is 0.0731. The number of anilines is 1. The van der Waals surface area contributed by atoms with E-state index in [2.05, 4.69) is 0 Å². The maximum atomic E-state index is 12.2. The summed E-state index contributed by atoms with van der Waals surface area (Å²) in [6.45, 7) is 1.11. The molecule has 5 nitrogen and oxygen atoms in total. The van der Waals surface area contributed by atoms with E-state index in [9.17, 15) is 9.59 Å². The summed E-state index contributed by atoms with van der Waals surface area (Å²) in [4.78, 5) is 25.0. The van der Waals surface area contributed by atoms with Gasteiger partial charge in [-0.15, -0.1) is 0 Å². The van der Waals surface area contributed by atoms with Gasteiger partial charge in [-0.3, -0.25) is 9.59 Å². The number of hydrogen-bond acceptors (Lipinski definition) is 3. The number of para-hydroxylation sites is 1. The van der Waals surface area contributed by atoms with Crippen molar-refractivity contribution in [1.82, 2.24) is 4.90 Å². The lowest BCUT2D eigenvalue weighted by Crippen LogP contribution is -2.41. The van der Waals surface area contributed by atoms with Crippen molar-refractivity contribution in [3.05, 3.63) is 29.8 Å². The van der Waals surface area contributed by atoms with Crippen LogP contribution >= 0.6 is 0 Å². The summed E-state index contributed by atoms with van der Waals surface area (Å²) in [6, 6.07) is 7.02. The maximum Gasteiger partial charge on any atom is 0.255 e. The molecule has 0 spiro atoms. The van der Waals surface area contributed by atoms with Gasteiger partial charge in [0.1, 0.15) is 0 Å². The quantitative estimate of drug-likeness (QED) is 0.750. The number of benzene rings is 1. The first-order valence-corrected chi connectivity index (χ1v) is 6.02. The van der Waals surface area contributed by atoms with Crippen LogP contribution in [-0.4, -0.2) is 29.8 Å². The number of hydrogen-bond donors (Lipinski definition) is 2. The Hall–Kier alpha value is -2.04. The lowest BCUT2D eigenvalue weighted by atomic mass is 9.96. The first kappa shape index (κ1) is 12.4. The highest BCUT2D eigenvalue weighted by atomic mass is 16.2. The molecule has 1 aromatic carbocycles. The van der Waals surface area contributed by atoms with Gasteiger partial charge in [-0.25, -0.2) is 0 Å². The molecule has 0 radical (unpaired) electrons. The second-order valence-electron chi connectivity index (χ2n) is 4.56. The smallest absolute Gasteiger partial charge is 0.255 e. The van der Waals surface area contributed by atoms with Crippen molar-refractivity contribution in [2.24, 2.45) is 11.7 Å². The lowest BCUT2D eigenvalue weighted by Gasteiger charge is -2.30. The molecule has 1 aliphatic heterocycles. The molecule has 0 bridgehead atoms. The number of carbonyl (C=O) groups is 2. The van der Waals surface area contributed by atoms with Crippen LogP contribution in [0, 0.1) is 5.92 Å². The van der Waals surface area contributed by atoms with Crippen molar-refractivity contribution >= 4 is 17.5 Å². The van der Waals surface area contributed by atoms with Crippen LogP contribution in [-0.2, 0) is 4.79 Å². The highest BCUT2D eigenvalue weighted by Crippen LogP contribution is 2.20. The molecular formula is C13H17N3O2. The molecule has 1 saturated heterocycles. The molecule has 0 saturated carbocycles. The van der Waals surface area contributed by atoms with Crippen LogP contribution in [0.3, 0.4) is 0 Å². The molecule has 1 aliphatic rings. The standard InChI is InChI=1S/C13H17N3O2/c14-11-4-2-1-3-10(11)13(18)16-7-5-9(6-8-16)12(15)17/h1-4,9H,5-8,14H2,(H2,15,17). The summed E-state index contributed by atoms with van der Waals surface area (Å²) >= 11 is 0. The summed E-state index contributed by atoms with van der Waals surface area (Å²) in [5.74, 6) is -0.459. The monoisotopic (exact) mass is 247 g/mol. The minimum Gasteiger partial charge on any atom is -0.398 e. The van der Waals surface area contributed by atoms with Gasteiger partial charge in [-0.05, 0) is 25.0 Å². The van der Waals surface area contributed by atoms with Gasteiger partial charge in [0.25, 0.3) is 5.91 Å². The van der Waals surface area contributed by atoms with E-state index in [0.29, 0.717) is 37.2 Å². The van der Waals surface area contributed by atoms with Gasteiger partial charge in [0.2, 0.25) is 5.91 Å². The lowest BCUT2D eigenvalue weighted by molar-refractivity contribution is -0.123. The van der Waals surface area contributed by atoms with Crippen molar-refractivity contribution in [2.45, 2.75) is 12.8 Å². The number of primary amides is 1. The zero-order valence-corrected chi connectivity index (χ0v) is 10.1. The highest BCUT2D eigenvalue weighted by Gasteiger charge is 2.26. The number of likely N-dealkylation sites (tertiary alicyclic amines) is 1. The predicted octanol–water partition coefficient (Wildman–Crippen LogP) is 0.606. The van der Waals surface area contributed by atoms with Gasteiger partial charge in [-0.2, -0.15) is 0 Å². The van der Waals surface area contributed by atoms with E-state index in [0.717, 1.165) is 0 Å². The number of nitrogen functional groups attached to an aromatic ring is 1. The molecule has 1 heterocycles. The molecule has 1 fully saturated rings. The van der Waals surface area contributed by atoms with Gasteiger partial charge in [-0.1, -0.05) is 12.1 Å². The molecule has 0 atom stereocenters. The van der Waals surface area contributed by atoms with E-state index < -0.39 is 0 Å². The summed E-state index contributed by atoms with van der Waals surface area (Å²) < 4.78 is 0. The van der Waals surface area contributed by atoms with Gasteiger partial charge in [0.05, 0.1) is 5.56 Å². The first-order valence-electron chi connectivity index (χ1n) is 6.02. The van der Waals surface area contributed by atoms with Crippen LogP contribution in [0.1, 0.15) is 23.2 Å². The Labute approximate surface area is 106 Å². The highest BCUT2D eigenvalue weighted by molar-refractivity contribution is 5.99. The molecule has 96 valence electrons. The largest absolute Gasteiger partial charge is 0.398 e. The van der Waals surface area contributed by atoms with Gasteiger partial charge in [0.15, 0.2) is 0 Å². The number of carbonyl (C=O) groups excluding carboxylic acids is 2. The zero-order chi connectivity index (χ0) is 13.1. The molecule has 2 rings (SSSR count). The fourth-order valence-corrected chi connectivity index (χ4v) is 2.23. The Bertz CT molecular complexity index is 465. The molecule has 0 aliphatic carbocycles. The average Bonchev–Trinajstić information content (AvgIpc) is 2.38. The fraction of sp³-hybridized carbons (Fsp3) is 0.385. The fourth-order valence-electron chi connectivity index (χ4n) is 2.23. The van der Waals surface area contributed by atoms with Gasteiger partial charge in [0, 0.05) is 24.7 Å². The Balaban J connectivity index is 2.04. The molecule has 0 unspecified atom stereocenters. The number of nitrogens with two attached hydrogens (primary N) is 2. The molecule has 4 N–H and O–H groups in total. The third kappa shape index (κ3) is 2.45. The Kier molecular flexibility index (Phi) is 3.50. The third-order valence-electron chi connectivity index (χ3n) is 3.38. The van der Waals surface area contributed by atoms with Crippen LogP contribution in [0.2, 0.25) is 0 Å². The normalized spacial score (nSPS) is 16.6. The molecule has 18 heavy (non-hydrogen) atoms. The Morgan fingerprint density at radius 3 is 2.33 bits per heavy atom. The van der Waals surface area contributed by atoms with E-state index in [1.54, 1.807) is 29.2 Å². The van der Waals surface area contributed by atoms with Crippen LogP contribution in [0.15, 0.2) is 24.3 Å². The van der Waals surface area contributed by atoms with Crippen molar-refractivity contribution < 1.29 is 9.59 Å². The topological polar surface area (TPSA) is 89.4 Å². The maximum absolute atomic E-state index is 12.2. The van der Waals surface area contributed by atoms with E-state index in [1.165, 1.54) is 0 Å². The van der Waals surface area contributed by atoms with Gasteiger partial charge < -0.3 is 16.4 Å². The first-order chi connectivity index (χ1) is 8.59.